The predicted molar refractivity (Wildman–Crippen MR) is 66.6 cm³/mol. The van der Waals surface area contributed by atoms with Crippen LogP contribution >= 0.6 is 22.6 Å². The van der Waals surface area contributed by atoms with Crippen molar-refractivity contribution < 1.29 is 22.7 Å². The Morgan fingerprint density at radius 3 is 2.68 bits per heavy atom. The molecule has 106 valence electrons. The van der Waals surface area contributed by atoms with Crippen molar-refractivity contribution in [3.63, 3.8) is 0 Å². The molecule has 3 nitrogen and oxygen atoms in total. The van der Waals surface area contributed by atoms with Gasteiger partial charge in [-0.15, -0.1) is 0 Å². The van der Waals surface area contributed by atoms with E-state index in [1.807, 2.05) is 22.6 Å². The molecule has 1 aromatic rings. The first kappa shape index (κ1) is 13.6. The van der Waals surface area contributed by atoms with Crippen molar-refractivity contribution in [3.05, 3.63) is 17.0 Å². The molecule has 3 atom stereocenters. The molecule has 2 aliphatic carbocycles. The topological polar surface area (TPSA) is 38.0 Å². The average molecular weight is 390 g/mol. The summed E-state index contributed by atoms with van der Waals surface area (Å²) in [6, 6.07) is 0. The number of halogens is 5. The molecule has 3 rings (SSSR count). The highest BCUT2D eigenvalue weighted by molar-refractivity contribution is 14.1. The Hall–Kier alpha value is -0.380. The zero-order chi connectivity index (χ0) is 14.2. The van der Waals surface area contributed by atoms with E-state index in [1.54, 1.807) is 0 Å². The van der Waals surface area contributed by atoms with Gasteiger partial charge in [-0.1, -0.05) is 22.6 Å². The highest BCUT2D eigenvalue weighted by Gasteiger charge is 2.75. The molecule has 0 aromatic carbocycles. The van der Waals surface area contributed by atoms with E-state index in [9.17, 15) is 22.7 Å². The maximum Gasteiger partial charge on any atom is 0.294 e. The van der Waals surface area contributed by atoms with Crippen LogP contribution in [-0.4, -0.2) is 21.0 Å². The number of alkyl halides is 5. The van der Waals surface area contributed by atoms with Crippen molar-refractivity contribution in [2.24, 2.45) is 5.92 Å². The van der Waals surface area contributed by atoms with Gasteiger partial charge in [0, 0.05) is 11.5 Å². The van der Waals surface area contributed by atoms with Crippen molar-refractivity contribution in [2.45, 2.75) is 41.8 Å². The van der Waals surface area contributed by atoms with Crippen LogP contribution in [0.25, 0.3) is 0 Å². The Bertz CT molecular complexity index is 545. The van der Waals surface area contributed by atoms with Crippen LogP contribution in [0.3, 0.4) is 0 Å². The van der Waals surface area contributed by atoms with Crippen LogP contribution in [0.15, 0.2) is 0 Å². The molecule has 8 heteroatoms. The fraction of sp³-hybridized carbons (Fsp3) is 0.727. The van der Waals surface area contributed by atoms with E-state index >= 15 is 0 Å². The predicted octanol–water partition coefficient (Wildman–Crippen LogP) is 2.96. The lowest BCUT2D eigenvalue weighted by Gasteiger charge is -2.16. The minimum Gasteiger partial charge on any atom is -0.391 e. The third-order valence-electron chi connectivity index (χ3n) is 3.69. The first-order valence-corrected chi connectivity index (χ1v) is 6.92. The molecule has 2 aliphatic rings. The number of aromatic nitrogens is 2. The minimum absolute atomic E-state index is 0.0150. The van der Waals surface area contributed by atoms with E-state index in [4.69, 9.17) is 0 Å². The summed E-state index contributed by atoms with van der Waals surface area (Å²) in [5.41, 5.74) is -1.02. The second kappa shape index (κ2) is 3.84. The second-order valence-electron chi connectivity index (χ2n) is 5.18. The summed E-state index contributed by atoms with van der Waals surface area (Å²) in [6.45, 7) is 1.20. The Balaban J connectivity index is 2.19. The summed E-state index contributed by atoms with van der Waals surface area (Å²) in [5, 5.41) is 12.9. The Morgan fingerprint density at radius 1 is 1.53 bits per heavy atom. The van der Waals surface area contributed by atoms with Crippen LogP contribution in [-0.2, 0) is 15.9 Å². The molecular weight excluding hydrogens is 379 g/mol. The van der Waals surface area contributed by atoms with Crippen molar-refractivity contribution in [1.29, 1.82) is 0 Å². The van der Waals surface area contributed by atoms with E-state index in [2.05, 4.69) is 5.10 Å². The van der Waals surface area contributed by atoms with Gasteiger partial charge >= 0.3 is 0 Å². The van der Waals surface area contributed by atoms with Crippen LogP contribution in [0.4, 0.5) is 17.6 Å². The number of nitrogens with zero attached hydrogens (tertiary/aromatic N) is 2. The highest BCUT2D eigenvalue weighted by Crippen LogP contribution is 2.75. The van der Waals surface area contributed by atoms with E-state index in [-0.39, 0.29) is 18.5 Å². The van der Waals surface area contributed by atoms with Gasteiger partial charge in [-0.2, -0.15) is 13.9 Å². The summed E-state index contributed by atoms with van der Waals surface area (Å²) in [6.07, 6.45) is -3.61. The fourth-order valence-corrected chi connectivity index (χ4v) is 4.22. The van der Waals surface area contributed by atoms with E-state index in [0.29, 0.717) is 0 Å². The molecule has 1 N–H and O–H groups in total. The molecule has 19 heavy (non-hydrogen) atoms. The smallest absolute Gasteiger partial charge is 0.294 e. The normalized spacial score (nSPS) is 32.3. The van der Waals surface area contributed by atoms with Crippen molar-refractivity contribution in [1.82, 2.24) is 9.78 Å². The molecule has 1 fully saturated rings. The van der Waals surface area contributed by atoms with Crippen molar-refractivity contribution in [2.75, 3.05) is 0 Å². The molecular formula is C11H11F4IN2O. The Kier molecular flexibility index (Phi) is 2.74. The van der Waals surface area contributed by atoms with E-state index in [0.717, 1.165) is 4.68 Å². The monoisotopic (exact) mass is 390 g/mol. The maximum atomic E-state index is 14.2. The standard InChI is InChI=1S/C11H11F4IN2O/c1-4(19)3-18-8-6(7(17-18)9(12)13)10(16)2-5(10)11(8,14)15/h4-5,9,19H,2-3H2,1H3/t4?,5-,10-/m1/s1. The second-order valence-corrected chi connectivity index (χ2v) is 7.11. The van der Waals surface area contributed by atoms with Crippen LogP contribution in [0.5, 0.6) is 0 Å². The van der Waals surface area contributed by atoms with Gasteiger partial charge in [0.25, 0.3) is 12.3 Å². The van der Waals surface area contributed by atoms with Gasteiger partial charge < -0.3 is 5.11 Å². The van der Waals surface area contributed by atoms with Gasteiger partial charge in [-0.25, -0.2) is 8.78 Å². The molecule has 0 bridgehead atoms. The first-order chi connectivity index (χ1) is 8.69. The number of fused-ring (bicyclic) bond motifs is 3. The quantitative estimate of drug-likeness (QED) is 0.490. The Morgan fingerprint density at radius 2 is 2.16 bits per heavy atom. The van der Waals surface area contributed by atoms with Gasteiger partial charge in [-0.05, 0) is 13.3 Å². The maximum absolute atomic E-state index is 14.2. The molecule has 0 aliphatic heterocycles. The molecule has 1 unspecified atom stereocenters. The molecule has 1 heterocycles. The first-order valence-electron chi connectivity index (χ1n) is 5.84. The van der Waals surface area contributed by atoms with Gasteiger partial charge in [-0.3, -0.25) is 4.68 Å². The molecule has 1 saturated carbocycles. The molecule has 0 radical (unpaired) electrons. The summed E-state index contributed by atoms with van der Waals surface area (Å²) in [4.78, 5) is 0. The third kappa shape index (κ3) is 1.68. The van der Waals surface area contributed by atoms with Crippen molar-refractivity contribution >= 4 is 22.6 Å². The number of aliphatic hydroxyl groups excluding tert-OH is 1. The van der Waals surface area contributed by atoms with E-state index in [1.165, 1.54) is 6.92 Å². The van der Waals surface area contributed by atoms with Crippen LogP contribution in [0.1, 0.15) is 36.7 Å². The van der Waals surface area contributed by atoms with E-state index < -0.39 is 39.2 Å². The van der Waals surface area contributed by atoms with Crippen LogP contribution in [0, 0.1) is 5.92 Å². The lowest BCUT2D eigenvalue weighted by atomic mass is 10.1. The zero-order valence-electron chi connectivity index (χ0n) is 9.88. The molecule has 0 spiro atoms. The van der Waals surface area contributed by atoms with Gasteiger partial charge in [0.1, 0.15) is 11.4 Å². The number of hydrogen-bond donors (Lipinski definition) is 1. The minimum atomic E-state index is -3.15. The summed E-state index contributed by atoms with van der Waals surface area (Å²) in [5.74, 6) is -4.07. The van der Waals surface area contributed by atoms with Gasteiger partial charge in [0.05, 0.1) is 16.1 Å². The van der Waals surface area contributed by atoms with Crippen molar-refractivity contribution in [3.8, 4) is 0 Å². The van der Waals surface area contributed by atoms with Crippen LogP contribution in [0.2, 0.25) is 0 Å². The lowest BCUT2D eigenvalue weighted by molar-refractivity contribution is -0.0328. The molecule has 0 amide bonds. The zero-order valence-corrected chi connectivity index (χ0v) is 12.0. The highest BCUT2D eigenvalue weighted by atomic mass is 127. The Labute approximate surface area is 120 Å². The lowest BCUT2D eigenvalue weighted by Crippen LogP contribution is -2.23. The summed E-state index contributed by atoms with van der Waals surface area (Å²) < 4.78 is 54.4. The SMILES string of the molecule is CC(O)Cn1nc(C(F)F)c2c1C(F)(F)[C@@H]1C[C@]21I. The average Bonchev–Trinajstić information content (AvgIpc) is 2.75. The summed E-state index contributed by atoms with van der Waals surface area (Å²) in [7, 11) is 0. The number of hydrogen-bond acceptors (Lipinski definition) is 2. The number of aliphatic hydroxyl groups is 1. The summed E-state index contributed by atoms with van der Waals surface area (Å²) >= 11 is 1.83. The van der Waals surface area contributed by atoms with Crippen LogP contribution < -0.4 is 0 Å². The van der Waals surface area contributed by atoms with Gasteiger partial charge in [0.2, 0.25) is 0 Å². The largest absolute Gasteiger partial charge is 0.391 e. The molecule has 1 aromatic heterocycles. The molecule has 0 saturated heterocycles. The van der Waals surface area contributed by atoms with Gasteiger partial charge in [0.15, 0.2) is 0 Å². The number of rotatable bonds is 3. The third-order valence-corrected chi connectivity index (χ3v) is 5.42. The fourth-order valence-electron chi connectivity index (χ4n) is 2.86.